The highest BCUT2D eigenvalue weighted by atomic mass is 79.9. The molecule has 0 bridgehead atoms. The fourth-order valence-electron chi connectivity index (χ4n) is 2.58. The smallest absolute Gasteiger partial charge is 0.0468 e. The van der Waals surface area contributed by atoms with Crippen LogP contribution in [-0.2, 0) is 6.42 Å². The van der Waals surface area contributed by atoms with Crippen molar-refractivity contribution in [1.82, 2.24) is 10.3 Å². The Morgan fingerprint density at radius 3 is 3.12 bits per heavy atom. The number of rotatable bonds is 2. The van der Waals surface area contributed by atoms with Gasteiger partial charge in [0.05, 0.1) is 0 Å². The van der Waals surface area contributed by atoms with E-state index in [4.69, 9.17) is 0 Å². The minimum Gasteiger partial charge on any atom is -0.360 e. The average molecular weight is 279 g/mol. The molecule has 2 N–H and O–H groups in total. The van der Waals surface area contributed by atoms with Crippen LogP contribution >= 0.6 is 15.9 Å². The Balaban J connectivity index is 1.98. The molecule has 1 saturated heterocycles. The van der Waals surface area contributed by atoms with E-state index < -0.39 is 0 Å². The molecule has 0 radical (unpaired) electrons. The maximum absolute atomic E-state index is 3.62. The average Bonchev–Trinajstić information content (AvgIpc) is 2.90. The fourth-order valence-corrected chi connectivity index (χ4v) is 3.16. The van der Waals surface area contributed by atoms with Crippen LogP contribution in [0.1, 0.15) is 18.4 Å². The Kier molecular flexibility index (Phi) is 2.74. The molecule has 1 unspecified atom stereocenters. The number of fused-ring (bicyclic) bond motifs is 1. The summed E-state index contributed by atoms with van der Waals surface area (Å²) in [5, 5.41) is 4.90. The maximum atomic E-state index is 3.62. The maximum Gasteiger partial charge on any atom is 0.0468 e. The predicted octanol–water partition coefficient (Wildman–Crippen LogP) is 3.22. The molecule has 1 aromatic carbocycles. The number of hydrogen-bond donors (Lipinski definition) is 2. The minimum atomic E-state index is 0.660. The summed E-state index contributed by atoms with van der Waals surface area (Å²) in [4.78, 5) is 3.29. The van der Waals surface area contributed by atoms with Gasteiger partial charge in [0.2, 0.25) is 0 Å². The summed E-state index contributed by atoms with van der Waals surface area (Å²) >= 11 is 3.62. The third-order valence-electron chi connectivity index (χ3n) is 3.37. The van der Waals surface area contributed by atoms with Crippen molar-refractivity contribution in [2.75, 3.05) is 6.54 Å². The van der Waals surface area contributed by atoms with Crippen LogP contribution in [0.3, 0.4) is 0 Å². The Morgan fingerprint density at radius 1 is 1.38 bits per heavy atom. The molecule has 0 spiro atoms. The van der Waals surface area contributed by atoms with E-state index in [0.29, 0.717) is 6.04 Å². The van der Waals surface area contributed by atoms with E-state index in [-0.39, 0.29) is 0 Å². The molecule has 2 heterocycles. The molecular weight excluding hydrogens is 264 g/mol. The van der Waals surface area contributed by atoms with Gasteiger partial charge in [0, 0.05) is 27.6 Å². The molecular formula is C13H15BrN2. The van der Waals surface area contributed by atoms with Crippen molar-refractivity contribution in [2.45, 2.75) is 25.3 Å². The Bertz CT molecular complexity index is 498. The molecule has 2 nitrogen and oxygen atoms in total. The van der Waals surface area contributed by atoms with Crippen molar-refractivity contribution in [3.8, 4) is 0 Å². The standard InChI is InChI=1S/C13H15BrN2/c14-11-8-16-12-5-1-3-9(13(11)12)7-10-4-2-6-15-10/h1,3,5,8,10,15-16H,2,4,6-7H2. The molecule has 0 amide bonds. The molecule has 0 saturated carbocycles. The van der Waals surface area contributed by atoms with Gasteiger partial charge in [0.25, 0.3) is 0 Å². The summed E-state index contributed by atoms with van der Waals surface area (Å²) in [5.41, 5.74) is 2.66. The van der Waals surface area contributed by atoms with Gasteiger partial charge >= 0.3 is 0 Å². The zero-order valence-corrected chi connectivity index (χ0v) is 10.7. The first-order chi connectivity index (χ1) is 7.84. The molecule has 1 aliphatic heterocycles. The number of aromatic nitrogens is 1. The lowest BCUT2D eigenvalue weighted by atomic mass is 10.0. The van der Waals surface area contributed by atoms with Crippen LogP contribution in [0.5, 0.6) is 0 Å². The number of H-pyrrole nitrogens is 1. The first kappa shape index (κ1) is 10.4. The fraction of sp³-hybridized carbons (Fsp3) is 0.385. The molecule has 3 rings (SSSR count). The van der Waals surface area contributed by atoms with Crippen LogP contribution in [0.4, 0.5) is 0 Å². The Labute approximate surface area is 104 Å². The van der Waals surface area contributed by atoms with Crippen molar-refractivity contribution in [3.05, 3.63) is 34.4 Å². The minimum absolute atomic E-state index is 0.660. The van der Waals surface area contributed by atoms with Crippen molar-refractivity contribution >= 4 is 26.8 Å². The zero-order chi connectivity index (χ0) is 11.0. The van der Waals surface area contributed by atoms with Gasteiger partial charge in [-0.3, -0.25) is 0 Å². The normalized spacial score (nSPS) is 20.7. The van der Waals surface area contributed by atoms with Crippen LogP contribution in [0, 0.1) is 0 Å². The third kappa shape index (κ3) is 1.78. The Morgan fingerprint density at radius 2 is 2.31 bits per heavy atom. The van der Waals surface area contributed by atoms with Gasteiger partial charge in [-0.25, -0.2) is 0 Å². The highest BCUT2D eigenvalue weighted by molar-refractivity contribution is 9.10. The lowest BCUT2D eigenvalue weighted by Crippen LogP contribution is -2.23. The third-order valence-corrected chi connectivity index (χ3v) is 4.00. The number of nitrogens with one attached hydrogen (secondary N) is 2. The molecule has 1 aromatic heterocycles. The van der Waals surface area contributed by atoms with Gasteiger partial charge in [-0.1, -0.05) is 12.1 Å². The van der Waals surface area contributed by atoms with E-state index in [9.17, 15) is 0 Å². The van der Waals surface area contributed by atoms with E-state index in [1.54, 1.807) is 0 Å². The second-order valence-electron chi connectivity index (χ2n) is 4.47. The highest BCUT2D eigenvalue weighted by Gasteiger charge is 2.16. The summed E-state index contributed by atoms with van der Waals surface area (Å²) in [6, 6.07) is 7.16. The molecule has 3 heteroatoms. The van der Waals surface area contributed by atoms with Gasteiger partial charge < -0.3 is 10.3 Å². The van der Waals surface area contributed by atoms with Gasteiger partial charge in [-0.15, -0.1) is 0 Å². The summed E-state index contributed by atoms with van der Waals surface area (Å²) < 4.78 is 1.18. The second kappa shape index (κ2) is 4.22. The SMILES string of the molecule is Brc1c[nH]c2cccc(CC3CCCN3)c12. The van der Waals surface area contributed by atoms with Gasteiger partial charge in [0.15, 0.2) is 0 Å². The lowest BCUT2D eigenvalue weighted by molar-refractivity contribution is 0.605. The van der Waals surface area contributed by atoms with Crippen LogP contribution < -0.4 is 5.32 Å². The summed E-state index contributed by atoms with van der Waals surface area (Å²) in [6.45, 7) is 1.18. The van der Waals surface area contributed by atoms with E-state index in [2.05, 4.69) is 44.4 Å². The van der Waals surface area contributed by atoms with E-state index >= 15 is 0 Å². The monoisotopic (exact) mass is 278 g/mol. The van der Waals surface area contributed by atoms with Crippen LogP contribution in [-0.4, -0.2) is 17.6 Å². The van der Waals surface area contributed by atoms with Gasteiger partial charge in [0.1, 0.15) is 0 Å². The predicted molar refractivity (Wildman–Crippen MR) is 70.7 cm³/mol. The molecule has 1 atom stereocenters. The van der Waals surface area contributed by atoms with Crippen molar-refractivity contribution in [2.24, 2.45) is 0 Å². The number of benzene rings is 1. The molecule has 1 aliphatic rings. The second-order valence-corrected chi connectivity index (χ2v) is 5.33. The summed E-state index contributed by atoms with van der Waals surface area (Å²) in [7, 11) is 0. The van der Waals surface area contributed by atoms with E-state index in [1.165, 1.54) is 40.3 Å². The summed E-state index contributed by atoms with van der Waals surface area (Å²) in [5.74, 6) is 0. The molecule has 16 heavy (non-hydrogen) atoms. The van der Waals surface area contributed by atoms with Gasteiger partial charge in [-0.2, -0.15) is 0 Å². The number of hydrogen-bond acceptors (Lipinski definition) is 1. The summed E-state index contributed by atoms with van der Waals surface area (Å²) in [6.07, 6.45) is 5.78. The Hall–Kier alpha value is -0.800. The molecule has 0 aliphatic carbocycles. The van der Waals surface area contributed by atoms with Crippen LogP contribution in [0.15, 0.2) is 28.9 Å². The molecule has 84 valence electrons. The topological polar surface area (TPSA) is 27.8 Å². The van der Waals surface area contributed by atoms with Crippen molar-refractivity contribution in [3.63, 3.8) is 0 Å². The first-order valence-corrected chi connectivity index (χ1v) is 6.62. The van der Waals surface area contributed by atoms with Crippen LogP contribution in [0.25, 0.3) is 10.9 Å². The molecule has 2 aromatic rings. The number of aromatic amines is 1. The quantitative estimate of drug-likeness (QED) is 0.868. The van der Waals surface area contributed by atoms with E-state index in [0.717, 1.165) is 6.42 Å². The first-order valence-electron chi connectivity index (χ1n) is 5.82. The van der Waals surface area contributed by atoms with E-state index in [1.807, 2.05) is 6.20 Å². The lowest BCUT2D eigenvalue weighted by Gasteiger charge is -2.11. The largest absolute Gasteiger partial charge is 0.360 e. The zero-order valence-electron chi connectivity index (χ0n) is 9.09. The van der Waals surface area contributed by atoms with Crippen LogP contribution in [0.2, 0.25) is 0 Å². The molecule has 1 fully saturated rings. The highest BCUT2D eigenvalue weighted by Crippen LogP contribution is 2.28. The van der Waals surface area contributed by atoms with Crippen molar-refractivity contribution < 1.29 is 0 Å². The van der Waals surface area contributed by atoms with Crippen molar-refractivity contribution in [1.29, 1.82) is 0 Å². The van der Waals surface area contributed by atoms with Gasteiger partial charge in [-0.05, 0) is 53.4 Å². The number of halogens is 1.